The number of halogens is 3. The SMILES string of the molecule is COc1nc(NSc2c[nH]c3c(-c4ncc[nH]c4=O)c(Cl)ccc23)n[c-]c1OCC(F)F.[CH3-].[V+2]. The first kappa shape index (κ1) is 27.4. The largest absolute Gasteiger partial charge is 2.00 e. The van der Waals surface area contributed by atoms with Gasteiger partial charge in [0.2, 0.25) is 0 Å². The number of alkyl halides is 2. The molecule has 1 aromatic carbocycles. The minimum absolute atomic E-state index is 0. The predicted octanol–water partition coefficient (Wildman–Crippen LogP) is 4.38. The van der Waals surface area contributed by atoms with Crippen LogP contribution in [0.15, 0.2) is 40.4 Å². The molecule has 14 heteroatoms. The van der Waals surface area contributed by atoms with E-state index in [1.54, 1.807) is 18.3 Å². The number of methoxy groups -OCH3 is 1. The molecule has 0 saturated carbocycles. The molecule has 177 valence electrons. The van der Waals surface area contributed by atoms with Crippen LogP contribution in [-0.4, -0.2) is 45.1 Å². The molecule has 0 atom stereocenters. The van der Waals surface area contributed by atoms with Crippen LogP contribution in [0.5, 0.6) is 11.6 Å². The van der Waals surface area contributed by atoms with Gasteiger partial charge in [-0.2, -0.15) is 0 Å². The summed E-state index contributed by atoms with van der Waals surface area (Å²) in [7, 11) is 1.33. The number of ether oxygens (including phenoxy) is 2. The molecule has 9 nitrogen and oxygen atoms in total. The van der Waals surface area contributed by atoms with Gasteiger partial charge in [0.1, 0.15) is 24.1 Å². The van der Waals surface area contributed by atoms with E-state index in [0.29, 0.717) is 16.1 Å². The fourth-order valence-electron chi connectivity index (χ4n) is 2.84. The van der Waals surface area contributed by atoms with Crippen molar-refractivity contribution < 1.29 is 36.8 Å². The number of benzene rings is 1. The number of nitrogens with zero attached hydrogens (tertiary/aromatic N) is 3. The van der Waals surface area contributed by atoms with Crippen LogP contribution in [0.1, 0.15) is 0 Å². The molecule has 0 unspecified atom stereocenters. The molecule has 3 heterocycles. The van der Waals surface area contributed by atoms with Gasteiger partial charge in [-0.15, -0.1) is 0 Å². The fraction of sp³-hybridized carbons (Fsp3) is 0.150. The zero-order valence-corrected chi connectivity index (χ0v) is 20.7. The van der Waals surface area contributed by atoms with Gasteiger partial charge >= 0.3 is 18.6 Å². The Balaban J connectivity index is 0.00000204. The third-order valence-corrected chi connectivity index (χ3v) is 5.33. The number of aromatic amines is 2. The number of nitrogens with one attached hydrogen (secondary N) is 3. The van der Waals surface area contributed by atoms with Crippen LogP contribution < -0.4 is 19.8 Å². The number of hydrogen-bond acceptors (Lipinski definition) is 8. The molecule has 0 aliphatic heterocycles. The van der Waals surface area contributed by atoms with E-state index in [-0.39, 0.29) is 54.8 Å². The van der Waals surface area contributed by atoms with Gasteiger partial charge < -0.3 is 41.6 Å². The first-order chi connectivity index (χ1) is 15.5. The van der Waals surface area contributed by atoms with Crippen molar-refractivity contribution >= 4 is 40.4 Å². The van der Waals surface area contributed by atoms with Gasteiger partial charge in [-0.05, 0) is 24.2 Å². The van der Waals surface area contributed by atoms with E-state index in [9.17, 15) is 13.6 Å². The van der Waals surface area contributed by atoms with Gasteiger partial charge in [-0.25, -0.2) is 13.8 Å². The number of hydrogen-bond donors (Lipinski definition) is 3. The molecule has 34 heavy (non-hydrogen) atoms. The van der Waals surface area contributed by atoms with E-state index in [0.717, 1.165) is 10.3 Å². The molecule has 0 bridgehead atoms. The summed E-state index contributed by atoms with van der Waals surface area (Å²) in [5, 5.41) is 1.15. The third kappa shape index (κ3) is 5.82. The van der Waals surface area contributed by atoms with Crippen LogP contribution in [-0.2, 0) is 18.6 Å². The summed E-state index contributed by atoms with van der Waals surface area (Å²) < 4.78 is 37.6. The molecule has 0 fully saturated rings. The Bertz CT molecular complexity index is 1320. The van der Waals surface area contributed by atoms with E-state index in [2.05, 4.69) is 35.8 Å². The van der Waals surface area contributed by atoms with Crippen LogP contribution >= 0.6 is 23.5 Å². The second-order valence-corrected chi connectivity index (χ2v) is 7.42. The zero-order valence-electron chi connectivity index (χ0n) is 17.7. The standard InChI is InChI=1S/C19H14ClF2N6O3S.CH3.V/c1-30-18-11(31-8-13(21)22)6-26-19(27-18)28-32-12-7-25-15-9(12)2-3-10(20)14(15)16-17(29)24-5-4-23-16;;/h2-5,7,13,25H,8H2,1H3,(H,24,29)(H,26,27,28);1H3;/q2*-1;+2. The summed E-state index contributed by atoms with van der Waals surface area (Å²) in [4.78, 5) is 30.8. The maximum Gasteiger partial charge on any atom is 2.00 e. The number of anilines is 1. The molecular formula is C20H17ClF2N6O3SV. The van der Waals surface area contributed by atoms with Crippen LogP contribution in [0.25, 0.3) is 22.2 Å². The maximum atomic E-state index is 12.4. The minimum atomic E-state index is -2.65. The van der Waals surface area contributed by atoms with Crippen LogP contribution in [0, 0.1) is 13.6 Å². The average molecular weight is 546 g/mol. The molecule has 3 aromatic heterocycles. The molecule has 3 N–H and O–H groups in total. The Kier molecular flexibility index (Phi) is 9.74. The predicted molar refractivity (Wildman–Crippen MR) is 122 cm³/mol. The van der Waals surface area contributed by atoms with Crippen LogP contribution in [0.3, 0.4) is 0 Å². The molecule has 0 saturated heterocycles. The molecular weight excluding hydrogens is 529 g/mol. The first-order valence-corrected chi connectivity index (χ1v) is 10.2. The Hall–Kier alpha value is -2.80. The molecule has 1 radical (unpaired) electrons. The first-order valence-electron chi connectivity index (χ1n) is 8.99. The normalized spacial score (nSPS) is 10.5. The smallest absolute Gasteiger partial charge is 0.535 e. The van der Waals surface area contributed by atoms with Crippen molar-refractivity contribution in [1.82, 2.24) is 24.9 Å². The van der Waals surface area contributed by atoms with Gasteiger partial charge in [0.05, 0.1) is 28.3 Å². The third-order valence-electron chi connectivity index (χ3n) is 4.18. The van der Waals surface area contributed by atoms with E-state index in [4.69, 9.17) is 21.1 Å². The number of H-pyrrole nitrogens is 2. The average Bonchev–Trinajstić information content (AvgIpc) is 3.20. The quantitative estimate of drug-likeness (QED) is 0.221. The Morgan fingerprint density at radius 3 is 2.82 bits per heavy atom. The second kappa shape index (κ2) is 12.1. The summed E-state index contributed by atoms with van der Waals surface area (Å²) in [5.41, 5.74) is 0.932. The van der Waals surface area contributed by atoms with Crippen molar-refractivity contribution in [2.75, 3.05) is 18.4 Å². The van der Waals surface area contributed by atoms with Crippen molar-refractivity contribution in [2.24, 2.45) is 0 Å². The molecule has 4 rings (SSSR count). The fourth-order valence-corrected chi connectivity index (χ4v) is 3.78. The topological polar surface area (TPSA) is 118 Å². The maximum absolute atomic E-state index is 12.4. The number of rotatable bonds is 8. The Labute approximate surface area is 214 Å². The van der Waals surface area contributed by atoms with Crippen molar-refractivity contribution in [1.29, 1.82) is 0 Å². The van der Waals surface area contributed by atoms with Crippen LogP contribution in [0.4, 0.5) is 14.7 Å². The van der Waals surface area contributed by atoms with Crippen molar-refractivity contribution in [3.63, 3.8) is 0 Å². The molecule has 4 aromatic rings. The van der Waals surface area contributed by atoms with Crippen LogP contribution in [0.2, 0.25) is 5.02 Å². The van der Waals surface area contributed by atoms with E-state index >= 15 is 0 Å². The van der Waals surface area contributed by atoms with Gasteiger partial charge in [-0.3, -0.25) is 4.79 Å². The van der Waals surface area contributed by atoms with Crippen molar-refractivity contribution in [3.8, 4) is 22.9 Å². The van der Waals surface area contributed by atoms with Gasteiger partial charge in [0.25, 0.3) is 12.0 Å². The van der Waals surface area contributed by atoms with E-state index in [1.165, 1.54) is 31.5 Å². The number of aromatic nitrogens is 5. The zero-order chi connectivity index (χ0) is 22.7. The van der Waals surface area contributed by atoms with Gasteiger partial charge in [0, 0.05) is 29.5 Å². The summed E-state index contributed by atoms with van der Waals surface area (Å²) >= 11 is 7.53. The summed E-state index contributed by atoms with van der Waals surface area (Å²) in [6.07, 6.45) is 4.47. The molecule has 0 spiro atoms. The second-order valence-electron chi connectivity index (χ2n) is 6.17. The Morgan fingerprint density at radius 2 is 2.12 bits per heavy atom. The monoisotopic (exact) mass is 545 g/mol. The van der Waals surface area contributed by atoms with E-state index < -0.39 is 13.0 Å². The minimum Gasteiger partial charge on any atom is -0.535 e. The molecule has 0 amide bonds. The summed E-state index contributed by atoms with van der Waals surface area (Å²) in [5.74, 6) is -0.0256. The number of fused-ring (bicyclic) bond motifs is 1. The van der Waals surface area contributed by atoms with Crippen molar-refractivity contribution in [3.05, 3.63) is 59.7 Å². The summed E-state index contributed by atoms with van der Waals surface area (Å²) in [6.45, 7) is -0.822. The van der Waals surface area contributed by atoms with Crippen molar-refractivity contribution in [2.45, 2.75) is 11.3 Å². The van der Waals surface area contributed by atoms with E-state index in [1.807, 2.05) is 0 Å². The Morgan fingerprint density at radius 1 is 1.32 bits per heavy atom. The molecule has 0 aliphatic rings. The van der Waals surface area contributed by atoms with Gasteiger partial charge in [-0.1, -0.05) is 17.7 Å². The van der Waals surface area contributed by atoms with Gasteiger partial charge in [0.15, 0.2) is 0 Å². The molecule has 0 aliphatic carbocycles. The summed E-state index contributed by atoms with van der Waals surface area (Å²) in [6, 6.07) is 3.47.